The standard InChI is InChI=1S/C11H18N2/c1-4-13-10-5-6-11(2,3)7-9(10)8-12-13/h8H,4-7H2,1-3H3. The summed E-state index contributed by atoms with van der Waals surface area (Å²) >= 11 is 0. The summed E-state index contributed by atoms with van der Waals surface area (Å²) in [5.74, 6) is 0. The van der Waals surface area contributed by atoms with Crippen LogP contribution in [-0.2, 0) is 19.4 Å². The van der Waals surface area contributed by atoms with Gasteiger partial charge in [0.1, 0.15) is 0 Å². The van der Waals surface area contributed by atoms with Gasteiger partial charge in [0.15, 0.2) is 0 Å². The third-order valence-electron chi connectivity index (χ3n) is 3.04. The predicted molar refractivity (Wildman–Crippen MR) is 53.7 cm³/mol. The van der Waals surface area contributed by atoms with Crippen LogP contribution in [-0.4, -0.2) is 9.78 Å². The molecule has 1 aliphatic rings. The van der Waals surface area contributed by atoms with Crippen LogP contribution in [0.4, 0.5) is 0 Å². The highest BCUT2D eigenvalue weighted by Crippen LogP contribution is 2.34. The minimum Gasteiger partial charge on any atom is -0.270 e. The van der Waals surface area contributed by atoms with Crippen molar-refractivity contribution in [2.24, 2.45) is 5.41 Å². The quantitative estimate of drug-likeness (QED) is 0.645. The van der Waals surface area contributed by atoms with Gasteiger partial charge in [0.05, 0.1) is 6.20 Å². The second kappa shape index (κ2) is 2.86. The van der Waals surface area contributed by atoms with E-state index in [1.54, 1.807) is 0 Å². The summed E-state index contributed by atoms with van der Waals surface area (Å²) in [4.78, 5) is 0. The summed E-state index contributed by atoms with van der Waals surface area (Å²) in [5, 5.41) is 4.40. The number of hydrogen-bond acceptors (Lipinski definition) is 1. The zero-order valence-corrected chi connectivity index (χ0v) is 8.80. The highest BCUT2D eigenvalue weighted by molar-refractivity contribution is 5.22. The monoisotopic (exact) mass is 178 g/mol. The van der Waals surface area contributed by atoms with E-state index < -0.39 is 0 Å². The van der Waals surface area contributed by atoms with Crippen molar-refractivity contribution in [2.75, 3.05) is 0 Å². The Morgan fingerprint density at radius 1 is 1.54 bits per heavy atom. The molecule has 0 saturated carbocycles. The Morgan fingerprint density at radius 2 is 2.31 bits per heavy atom. The number of aryl methyl sites for hydroxylation is 1. The van der Waals surface area contributed by atoms with Crippen molar-refractivity contribution in [2.45, 2.75) is 46.6 Å². The van der Waals surface area contributed by atoms with Crippen LogP contribution in [0.25, 0.3) is 0 Å². The Bertz CT molecular complexity index is 310. The lowest BCUT2D eigenvalue weighted by molar-refractivity contribution is 0.310. The van der Waals surface area contributed by atoms with Crippen LogP contribution in [0.3, 0.4) is 0 Å². The van der Waals surface area contributed by atoms with Crippen LogP contribution < -0.4 is 0 Å². The minimum atomic E-state index is 0.481. The predicted octanol–water partition coefficient (Wildman–Crippen LogP) is 2.42. The van der Waals surface area contributed by atoms with Gasteiger partial charge in [0.2, 0.25) is 0 Å². The van der Waals surface area contributed by atoms with Gasteiger partial charge >= 0.3 is 0 Å². The van der Waals surface area contributed by atoms with Crippen molar-refractivity contribution in [1.82, 2.24) is 9.78 Å². The molecule has 0 fully saturated rings. The maximum absolute atomic E-state index is 4.40. The first-order valence-electron chi connectivity index (χ1n) is 5.16. The van der Waals surface area contributed by atoms with Crippen LogP contribution in [0.5, 0.6) is 0 Å². The molecule has 0 aromatic carbocycles. The highest BCUT2D eigenvalue weighted by atomic mass is 15.3. The molecule has 0 atom stereocenters. The molecule has 0 unspecified atom stereocenters. The average molecular weight is 178 g/mol. The molecular formula is C11H18N2. The van der Waals surface area contributed by atoms with E-state index in [2.05, 4.69) is 36.7 Å². The maximum Gasteiger partial charge on any atom is 0.0524 e. The van der Waals surface area contributed by atoms with E-state index in [1.807, 2.05) is 0 Å². The molecule has 1 aromatic heterocycles. The second-order valence-electron chi connectivity index (χ2n) is 4.77. The zero-order chi connectivity index (χ0) is 9.47. The van der Waals surface area contributed by atoms with Crippen LogP contribution in [0.1, 0.15) is 38.4 Å². The Hall–Kier alpha value is -0.790. The molecule has 0 spiro atoms. The van der Waals surface area contributed by atoms with Crippen molar-refractivity contribution >= 4 is 0 Å². The molecule has 0 aliphatic heterocycles. The van der Waals surface area contributed by atoms with E-state index in [-0.39, 0.29) is 0 Å². The third-order valence-corrected chi connectivity index (χ3v) is 3.04. The molecule has 0 N–H and O–H groups in total. The third kappa shape index (κ3) is 1.50. The Kier molecular flexibility index (Phi) is 1.94. The average Bonchev–Trinajstić information content (AvgIpc) is 2.44. The summed E-state index contributed by atoms with van der Waals surface area (Å²) in [6.07, 6.45) is 5.75. The highest BCUT2D eigenvalue weighted by Gasteiger charge is 2.27. The van der Waals surface area contributed by atoms with Crippen LogP contribution in [0.2, 0.25) is 0 Å². The van der Waals surface area contributed by atoms with Gasteiger partial charge < -0.3 is 0 Å². The lowest BCUT2D eigenvalue weighted by Crippen LogP contribution is -2.22. The van der Waals surface area contributed by atoms with E-state index in [1.165, 1.54) is 30.5 Å². The van der Waals surface area contributed by atoms with E-state index in [9.17, 15) is 0 Å². The minimum absolute atomic E-state index is 0.481. The summed E-state index contributed by atoms with van der Waals surface area (Å²) in [7, 11) is 0. The van der Waals surface area contributed by atoms with Crippen LogP contribution >= 0.6 is 0 Å². The normalized spacial score (nSPS) is 19.9. The summed E-state index contributed by atoms with van der Waals surface area (Å²) in [5.41, 5.74) is 3.43. The van der Waals surface area contributed by atoms with Crippen molar-refractivity contribution in [3.8, 4) is 0 Å². The fourth-order valence-corrected chi connectivity index (χ4v) is 2.22. The first-order chi connectivity index (χ1) is 6.12. The maximum atomic E-state index is 4.40. The van der Waals surface area contributed by atoms with Crippen molar-refractivity contribution in [3.05, 3.63) is 17.5 Å². The molecule has 1 heterocycles. The fraction of sp³-hybridized carbons (Fsp3) is 0.727. The zero-order valence-electron chi connectivity index (χ0n) is 8.80. The smallest absolute Gasteiger partial charge is 0.0524 e. The molecule has 2 heteroatoms. The van der Waals surface area contributed by atoms with Crippen LogP contribution in [0, 0.1) is 5.41 Å². The number of rotatable bonds is 1. The van der Waals surface area contributed by atoms with Crippen LogP contribution in [0.15, 0.2) is 6.20 Å². The molecule has 2 rings (SSSR count). The lowest BCUT2D eigenvalue weighted by Gasteiger charge is -2.29. The molecular weight excluding hydrogens is 160 g/mol. The summed E-state index contributed by atoms with van der Waals surface area (Å²) < 4.78 is 2.14. The molecule has 72 valence electrons. The number of aromatic nitrogens is 2. The topological polar surface area (TPSA) is 17.8 Å². The van der Waals surface area contributed by atoms with Crippen molar-refractivity contribution in [1.29, 1.82) is 0 Å². The molecule has 1 aromatic rings. The fourth-order valence-electron chi connectivity index (χ4n) is 2.22. The molecule has 0 bridgehead atoms. The number of nitrogens with zero attached hydrogens (tertiary/aromatic N) is 2. The Morgan fingerprint density at radius 3 is 3.00 bits per heavy atom. The Balaban J connectivity index is 2.33. The van der Waals surface area contributed by atoms with E-state index >= 15 is 0 Å². The number of fused-ring (bicyclic) bond motifs is 1. The molecule has 1 aliphatic carbocycles. The molecule has 0 amide bonds. The van der Waals surface area contributed by atoms with Gasteiger partial charge in [-0.2, -0.15) is 5.10 Å². The molecule has 13 heavy (non-hydrogen) atoms. The molecule has 0 radical (unpaired) electrons. The van der Waals surface area contributed by atoms with E-state index in [0.29, 0.717) is 5.41 Å². The second-order valence-corrected chi connectivity index (χ2v) is 4.77. The largest absolute Gasteiger partial charge is 0.270 e. The van der Waals surface area contributed by atoms with Crippen molar-refractivity contribution < 1.29 is 0 Å². The lowest BCUT2D eigenvalue weighted by atomic mass is 9.77. The first-order valence-corrected chi connectivity index (χ1v) is 5.16. The van der Waals surface area contributed by atoms with E-state index in [0.717, 1.165) is 6.54 Å². The van der Waals surface area contributed by atoms with Gasteiger partial charge in [0, 0.05) is 12.2 Å². The summed E-state index contributed by atoms with van der Waals surface area (Å²) in [6, 6.07) is 0. The number of hydrogen-bond donors (Lipinski definition) is 0. The van der Waals surface area contributed by atoms with Gasteiger partial charge in [-0.15, -0.1) is 0 Å². The van der Waals surface area contributed by atoms with Crippen molar-refractivity contribution in [3.63, 3.8) is 0 Å². The SMILES string of the molecule is CCn1ncc2c1CCC(C)(C)C2. The van der Waals surface area contributed by atoms with Gasteiger partial charge in [-0.3, -0.25) is 4.68 Å². The van der Waals surface area contributed by atoms with Gasteiger partial charge in [-0.1, -0.05) is 13.8 Å². The van der Waals surface area contributed by atoms with Gasteiger partial charge in [0.25, 0.3) is 0 Å². The molecule has 2 nitrogen and oxygen atoms in total. The molecule has 0 saturated heterocycles. The van der Waals surface area contributed by atoms with E-state index in [4.69, 9.17) is 0 Å². The van der Waals surface area contributed by atoms with Gasteiger partial charge in [-0.05, 0) is 37.2 Å². The van der Waals surface area contributed by atoms with Gasteiger partial charge in [-0.25, -0.2) is 0 Å². The Labute approximate surface area is 80.0 Å². The first kappa shape index (κ1) is 8.79. The summed E-state index contributed by atoms with van der Waals surface area (Å²) in [6.45, 7) is 7.86.